The normalized spacial score (nSPS) is 15.0. The lowest BCUT2D eigenvalue weighted by Crippen LogP contribution is -2.28. The highest BCUT2D eigenvalue weighted by molar-refractivity contribution is 7.10. The van der Waals surface area contributed by atoms with Gasteiger partial charge in [-0.05, 0) is 44.2 Å². The van der Waals surface area contributed by atoms with Crippen LogP contribution in [0.2, 0.25) is 0 Å². The smallest absolute Gasteiger partial charge is 0.0390 e. The molecule has 16 heavy (non-hydrogen) atoms. The molecule has 2 unspecified atom stereocenters. The minimum Gasteiger partial charge on any atom is -0.307 e. The van der Waals surface area contributed by atoms with E-state index >= 15 is 0 Å². The largest absolute Gasteiger partial charge is 0.307 e. The molecule has 2 heteroatoms. The lowest BCUT2D eigenvalue weighted by molar-refractivity contribution is 0.443. The van der Waals surface area contributed by atoms with Crippen LogP contribution in [0.3, 0.4) is 0 Å². The second-order valence-electron chi connectivity index (χ2n) is 4.75. The Morgan fingerprint density at radius 3 is 2.62 bits per heavy atom. The van der Waals surface area contributed by atoms with Crippen molar-refractivity contribution in [1.82, 2.24) is 5.32 Å². The lowest BCUT2D eigenvalue weighted by atomic mass is 10.1. The van der Waals surface area contributed by atoms with Crippen LogP contribution < -0.4 is 5.32 Å². The number of nitrogens with one attached hydrogen (secondary N) is 1. The number of hydrogen-bond acceptors (Lipinski definition) is 2. The summed E-state index contributed by atoms with van der Waals surface area (Å²) in [6.45, 7) is 9.03. The molecule has 1 aromatic rings. The molecule has 1 rings (SSSR count). The Morgan fingerprint density at radius 1 is 1.31 bits per heavy atom. The molecule has 1 N–H and O–H groups in total. The fraction of sp³-hybridized carbons (Fsp3) is 0.714. The van der Waals surface area contributed by atoms with Crippen LogP contribution in [0.5, 0.6) is 0 Å². The van der Waals surface area contributed by atoms with Crippen LogP contribution in [0.25, 0.3) is 0 Å². The summed E-state index contributed by atoms with van der Waals surface area (Å²) in [4.78, 5) is 1.49. The Balaban J connectivity index is 2.33. The van der Waals surface area contributed by atoms with Crippen LogP contribution in [0.4, 0.5) is 0 Å². The molecule has 0 aromatic carbocycles. The SMILES string of the molecule is CCCCCC(C)NC(C)c1sccc1C. The van der Waals surface area contributed by atoms with Gasteiger partial charge >= 0.3 is 0 Å². The number of aryl methyl sites for hydroxylation is 1. The zero-order valence-electron chi connectivity index (χ0n) is 11.0. The van der Waals surface area contributed by atoms with E-state index in [0.29, 0.717) is 12.1 Å². The van der Waals surface area contributed by atoms with E-state index in [1.807, 2.05) is 11.3 Å². The summed E-state index contributed by atoms with van der Waals surface area (Å²) in [5, 5.41) is 5.88. The van der Waals surface area contributed by atoms with E-state index in [1.165, 1.54) is 36.1 Å². The lowest BCUT2D eigenvalue weighted by Gasteiger charge is -2.19. The summed E-state index contributed by atoms with van der Waals surface area (Å²) < 4.78 is 0. The summed E-state index contributed by atoms with van der Waals surface area (Å²) in [5.41, 5.74) is 1.42. The highest BCUT2D eigenvalue weighted by Gasteiger charge is 2.12. The Hall–Kier alpha value is -0.340. The van der Waals surface area contributed by atoms with Gasteiger partial charge in [-0.2, -0.15) is 0 Å². The van der Waals surface area contributed by atoms with Crippen LogP contribution in [0.1, 0.15) is 62.9 Å². The molecule has 0 fully saturated rings. The van der Waals surface area contributed by atoms with Gasteiger partial charge in [-0.15, -0.1) is 11.3 Å². The van der Waals surface area contributed by atoms with Gasteiger partial charge in [-0.25, -0.2) is 0 Å². The van der Waals surface area contributed by atoms with Crippen molar-refractivity contribution in [3.8, 4) is 0 Å². The Morgan fingerprint density at radius 2 is 2.06 bits per heavy atom. The molecule has 0 aliphatic heterocycles. The third-order valence-electron chi connectivity index (χ3n) is 3.07. The predicted molar refractivity (Wildman–Crippen MR) is 74.2 cm³/mol. The molecule has 0 saturated carbocycles. The minimum absolute atomic E-state index is 0.497. The first-order valence-corrected chi connectivity index (χ1v) is 7.33. The molecule has 0 aliphatic carbocycles. The molecule has 0 saturated heterocycles. The van der Waals surface area contributed by atoms with E-state index in [4.69, 9.17) is 0 Å². The standard InChI is InChI=1S/C14H25NS/c1-5-6-7-8-12(3)15-13(4)14-11(2)9-10-16-14/h9-10,12-13,15H,5-8H2,1-4H3. The Kier molecular flexibility index (Phi) is 6.07. The van der Waals surface area contributed by atoms with E-state index in [2.05, 4.69) is 44.5 Å². The van der Waals surface area contributed by atoms with E-state index in [1.54, 1.807) is 0 Å². The van der Waals surface area contributed by atoms with Gasteiger partial charge in [0.1, 0.15) is 0 Å². The van der Waals surface area contributed by atoms with Crippen molar-refractivity contribution >= 4 is 11.3 Å². The van der Waals surface area contributed by atoms with Gasteiger partial charge in [0.2, 0.25) is 0 Å². The topological polar surface area (TPSA) is 12.0 Å². The van der Waals surface area contributed by atoms with Crippen molar-refractivity contribution < 1.29 is 0 Å². The molecule has 1 aromatic heterocycles. The van der Waals surface area contributed by atoms with Gasteiger partial charge in [0.15, 0.2) is 0 Å². The maximum Gasteiger partial charge on any atom is 0.0390 e. The van der Waals surface area contributed by atoms with Gasteiger partial charge in [-0.3, -0.25) is 0 Å². The summed E-state index contributed by atoms with van der Waals surface area (Å²) in [6.07, 6.45) is 5.31. The van der Waals surface area contributed by atoms with Gasteiger partial charge in [0.05, 0.1) is 0 Å². The van der Waals surface area contributed by atoms with E-state index in [-0.39, 0.29) is 0 Å². The molecule has 0 amide bonds. The molecule has 92 valence electrons. The highest BCUT2D eigenvalue weighted by Crippen LogP contribution is 2.24. The number of unbranched alkanes of at least 4 members (excludes halogenated alkanes) is 2. The van der Waals surface area contributed by atoms with Crippen LogP contribution in [-0.2, 0) is 0 Å². The highest BCUT2D eigenvalue weighted by atomic mass is 32.1. The fourth-order valence-electron chi connectivity index (χ4n) is 2.11. The summed E-state index contributed by atoms with van der Waals surface area (Å²) in [5.74, 6) is 0. The average Bonchev–Trinajstić information content (AvgIpc) is 2.65. The monoisotopic (exact) mass is 239 g/mol. The molecule has 1 nitrogen and oxygen atoms in total. The first-order valence-electron chi connectivity index (χ1n) is 6.45. The third-order valence-corrected chi connectivity index (χ3v) is 4.27. The quantitative estimate of drug-likeness (QED) is 0.681. The van der Waals surface area contributed by atoms with Crippen LogP contribution in [0, 0.1) is 6.92 Å². The second-order valence-corrected chi connectivity index (χ2v) is 5.70. The average molecular weight is 239 g/mol. The summed E-state index contributed by atoms with van der Waals surface area (Å²) in [6, 6.07) is 3.33. The molecule has 2 atom stereocenters. The third kappa shape index (κ3) is 4.26. The first-order chi connectivity index (χ1) is 7.65. The Labute approximate surface area is 104 Å². The number of hydrogen-bond donors (Lipinski definition) is 1. The van der Waals surface area contributed by atoms with Crippen LogP contribution >= 0.6 is 11.3 Å². The van der Waals surface area contributed by atoms with Crippen molar-refractivity contribution in [2.24, 2.45) is 0 Å². The molecule has 0 spiro atoms. The van der Waals surface area contributed by atoms with E-state index in [9.17, 15) is 0 Å². The van der Waals surface area contributed by atoms with Crippen molar-refractivity contribution in [1.29, 1.82) is 0 Å². The van der Waals surface area contributed by atoms with E-state index < -0.39 is 0 Å². The van der Waals surface area contributed by atoms with Crippen molar-refractivity contribution in [2.45, 2.75) is 65.5 Å². The zero-order valence-corrected chi connectivity index (χ0v) is 11.9. The number of rotatable bonds is 7. The van der Waals surface area contributed by atoms with Crippen molar-refractivity contribution in [3.63, 3.8) is 0 Å². The number of thiophene rings is 1. The van der Waals surface area contributed by atoms with Crippen LogP contribution in [-0.4, -0.2) is 6.04 Å². The summed E-state index contributed by atoms with van der Waals surface area (Å²) >= 11 is 1.87. The van der Waals surface area contributed by atoms with Gasteiger partial charge in [-0.1, -0.05) is 26.2 Å². The molecular formula is C14H25NS. The van der Waals surface area contributed by atoms with Gasteiger partial charge < -0.3 is 5.32 Å². The molecule has 0 radical (unpaired) electrons. The zero-order chi connectivity index (χ0) is 12.0. The van der Waals surface area contributed by atoms with Crippen LogP contribution in [0.15, 0.2) is 11.4 Å². The van der Waals surface area contributed by atoms with Gasteiger partial charge in [0.25, 0.3) is 0 Å². The fourth-order valence-corrected chi connectivity index (χ4v) is 3.06. The first kappa shape index (κ1) is 13.7. The van der Waals surface area contributed by atoms with Crippen molar-refractivity contribution in [2.75, 3.05) is 0 Å². The van der Waals surface area contributed by atoms with Gasteiger partial charge in [0, 0.05) is 17.0 Å². The molecule has 1 heterocycles. The molecule has 0 bridgehead atoms. The van der Waals surface area contributed by atoms with Crippen molar-refractivity contribution in [3.05, 3.63) is 21.9 Å². The second kappa shape index (κ2) is 7.08. The van der Waals surface area contributed by atoms with E-state index in [0.717, 1.165) is 0 Å². The maximum atomic E-state index is 3.69. The molecular weight excluding hydrogens is 214 g/mol. The summed E-state index contributed by atoms with van der Waals surface area (Å²) in [7, 11) is 0. The predicted octanol–water partition coefficient (Wildman–Crippen LogP) is 4.68. The minimum atomic E-state index is 0.497. The maximum absolute atomic E-state index is 3.69. The molecule has 0 aliphatic rings. The Bertz CT molecular complexity index is 293.